The molecular formula is C12H10BrFN2O2S. The molecule has 2 aromatic rings. The third-order valence-electron chi connectivity index (χ3n) is 2.32. The first kappa shape index (κ1) is 13.8. The first-order chi connectivity index (χ1) is 8.88. The summed E-state index contributed by atoms with van der Waals surface area (Å²) in [5.41, 5.74) is 6.24. The van der Waals surface area contributed by atoms with Gasteiger partial charge in [0.05, 0.1) is 5.69 Å². The standard InChI is InChI=1S/C12H10BrFN2O2S/c13-8-4-5-12(11(14)6-8)19(17,18)16-10-3-1-2-9(15)7-10/h1-7,16H,15H2. The van der Waals surface area contributed by atoms with Crippen LogP contribution in [0.5, 0.6) is 0 Å². The second-order valence-corrected chi connectivity index (χ2v) is 6.37. The number of rotatable bonds is 3. The summed E-state index contributed by atoms with van der Waals surface area (Å²) in [6.45, 7) is 0. The second kappa shape index (κ2) is 5.18. The van der Waals surface area contributed by atoms with Crippen molar-refractivity contribution in [2.24, 2.45) is 0 Å². The summed E-state index contributed by atoms with van der Waals surface area (Å²) in [5, 5.41) is 0. The maximum atomic E-state index is 13.7. The molecule has 4 nitrogen and oxygen atoms in total. The number of hydrogen-bond donors (Lipinski definition) is 2. The van der Waals surface area contributed by atoms with Crippen LogP contribution in [0.1, 0.15) is 0 Å². The zero-order valence-corrected chi connectivity index (χ0v) is 12.0. The van der Waals surface area contributed by atoms with Crippen molar-refractivity contribution in [3.05, 3.63) is 52.8 Å². The summed E-state index contributed by atoms with van der Waals surface area (Å²) in [6, 6.07) is 9.95. The fourth-order valence-corrected chi connectivity index (χ4v) is 2.95. The number of hydrogen-bond acceptors (Lipinski definition) is 3. The second-order valence-electron chi connectivity index (χ2n) is 3.81. The Morgan fingerprint density at radius 3 is 2.53 bits per heavy atom. The molecule has 0 saturated heterocycles. The van der Waals surface area contributed by atoms with Gasteiger partial charge in [-0.05, 0) is 36.4 Å². The molecule has 2 aromatic carbocycles. The number of nitrogens with two attached hydrogens (primary N) is 1. The van der Waals surface area contributed by atoms with Crippen LogP contribution < -0.4 is 10.5 Å². The Labute approximate surface area is 118 Å². The van der Waals surface area contributed by atoms with E-state index in [4.69, 9.17) is 5.73 Å². The van der Waals surface area contributed by atoms with Crippen molar-refractivity contribution in [3.63, 3.8) is 0 Å². The number of halogens is 2. The summed E-state index contributed by atoms with van der Waals surface area (Å²) >= 11 is 3.07. The third kappa shape index (κ3) is 3.24. The summed E-state index contributed by atoms with van der Waals surface area (Å²) < 4.78 is 40.5. The van der Waals surface area contributed by atoms with Gasteiger partial charge in [0.2, 0.25) is 0 Å². The molecule has 0 saturated carbocycles. The van der Waals surface area contributed by atoms with Crippen LogP contribution in [0, 0.1) is 5.82 Å². The summed E-state index contributed by atoms with van der Waals surface area (Å²) in [4.78, 5) is -0.418. The van der Waals surface area contributed by atoms with Crippen LogP contribution in [0.2, 0.25) is 0 Å². The van der Waals surface area contributed by atoms with E-state index < -0.39 is 20.7 Å². The van der Waals surface area contributed by atoms with Crippen molar-refractivity contribution in [1.29, 1.82) is 0 Å². The quantitative estimate of drug-likeness (QED) is 0.840. The molecule has 7 heteroatoms. The topological polar surface area (TPSA) is 72.2 Å². The predicted molar refractivity (Wildman–Crippen MR) is 75.8 cm³/mol. The summed E-state index contributed by atoms with van der Waals surface area (Å²) in [6.07, 6.45) is 0. The first-order valence-electron chi connectivity index (χ1n) is 5.22. The van der Waals surface area contributed by atoms with Crippen molar-refractivity contribution >= 4 is 37.3 Å². The molecule has 0 unspecified atom stereocenters. The maximum absolute atomic E-state index is 13.7. The van der Waals surface area contributed by atoms with Crippen LogP contribution in [0.4, 0.5) is 15.8 Å². The van der Waals surface area contributed by atoms with Gasteiger partial charge in [0, 0.05) is 10.2 Å². The van der Waals surface area contributed by atoms with E-state index >= 15 is 0 Å². The van der Waals surface area contributed by atoms with E-state index in [1.165, 1.54) is 24.3 Å². The zero-order valence-electron chi connectivity index (χ0n) is 9.60. The van der Waals surface area contributed by atoms with Crippen molar-refractivity contribution in [2.75, 3.05) is 10.5 Å². The molecule has 0 spiro atoms. The minimum absolute atomic E-state index is 0.280. The smallest absolute Gasteiger partial charge is 0.264 e. The van der Waals surface area contributed by atoms with Crippen LogP contribution >= 0.6 is 15.9 Å². The molecule has 0 aliphatic rings. The third-order valence-corrected chi connectivity index (χ3v) is 4.23. The molecule has 3 N–H and O–H groups in total. The van der Waals surface area contributed by atoms with Gasteiger partial charge >= 0.3 is 0 Å². The van der Waals surface area contributed by atoms with E-state index in [1.54, 1.807) is 12.1 Å². The normalized spacial score (nSPS) is 11.3. The Balaban J connectivity index is 2.38. The molecule has 0 aliphatic carbocycles. The largest absolute Gasteiger partial charge is 0.399 e. The minimum Gasteiger partial charge on any atom is -0.399 e. The van der Waals surface area contributed by atoms with Crippen molar-refractivity contribution in [2.45, 2.75) is 4.90 Å². The van der Waals surface area contributed by atoms with Gasteiger partial charge in [0.15, 0.2) is 0 Å². The van der Waals surface area contributed by atoms with Crippen LogP contribution in [0.25, 0.3) is 0 Å². The van der Waals surface area contributed by atoms with E-state index in [9.17, 15) is 12.8 Å². The monoisotopic (exact) mass is 344 g/mol. The molecule has 100 valence electrons. The highest BCUT2D eigenvalue weighted by Gasteiger charge is 2.19. The Bertz CT molecular complexity index is 719. The fraction of sp³-hybridized carbons (Fsp3) is 0. The van der Waals surface area contributed by atoms with Crippen LogP contribution in [0.3, 0.4) is 0 Å². The molecule has 2 rings (SSSR count). The van der Waals surface area contributed by atoms with Gasteiger partial charge in [-0.2, -0.15) is 0 Å². The van der Waals surface area contributed by atoms with Gasteiger partial charge < -0.3 is 5.73 Å². The SMILES string of the molecule is Nc1cccc(NS(=O)(=O)c2ccc(Br)cc2F)c1. The lowest BCUT2D eigenvalue weighted by Crippen LogP contribution is -2.14. The summed E-state index contributed by atoms with van der Waals surface area (Å²) in [5.74, 6) is -0.828. The lowest BCUT2D eigenvalue weighted by atomic mass is 10.3. The highest BCUT2D eigenvalue weighted by atomic mass is 79.9. The minimum atomic E-state index is -3.98. The zero-order chi connectivity index (χ0) is 14.0. The van der Waals surface area contributed by atoms with Gasteiger partial charge in [-0.1, -0.05) is 22.0 Å². The van der Waals surface area contributed by atoms with E-state index in [0.29, 0.717) is 10.2 Å². The van der Waals surface area contributed by atoms with Gasteiger partial charge in [-0.15, -0.1) is 0 Å². The first-order valence-corrected chi connectivity index (χ1v) is 7.49. The molecule has 0 amide bonds. The average molecular weight is 345 g/mol. The molecule has 0 fully saturated rings. The maximum Gasteiger partial charge on any atom is 0.264 e. The Morgan fingerprint density at radius 1 is 1.16 bits per heavy atom. The molecule has 0 bridgehead atoms. The van der Waals surface area contributed by atoms with Crippen LogP contribution in [-0.2, 0) is 10.0 Å². The number of nitrogen functional groups attached to an aromatic ring is 1. The fourth-order valence-electron chi connectivity index (χ4n) is 1.51. The van der Waals surface area contributed by atoms with E-state index in [0.717, 1.165) is 6.07 Å². The Morgan fingerprint density at radius 2 is 1.89 bits per heavy atom. The molecule has 19 heavy (non-hydrogen) atoms. The highest BCUT2D eigenvalue weighted by Crippen LogP contribution is 2.22. The van der Waals surface area contributed by atoms with Gasteiger partial charge in [0.25, 0.3) is 10.0 Å². The van der Waals surface area contributed by atoms with E-state index in [-0.39, 0.29) is 5.69 Å². The van der Waals surface area contributed by atoms with E-state index in [1.807, 2.05) is 0 Å². The van der Waals surface area contributed by atoms with Crippen molar-refractivity contribution in [3.8, 4) is 0 Å². The van der Waals surface area contributed by atoms with Crippen molar-refractivity contribution in [1.82, 2.24) is 0 Å². The molecule has 0 atom stereocenters. The van der Waals surface area contributed by atoms with Gasteiger partial charge in [-0.25, -0.2) is 12.8 Å². The van der Waals surface area contributed by atoms with Crippen molar-refractivity contribution < 1.29 is 12.8 Å². The molecule has 0 aliphatic heterocycles. The Kier molecular flexibility index (Phi) is 3.77. The Hall–Kier alpha value is -1.60. The highest BCUT2D eigenvalue weighted by molar-refractivity contribution is 9.10. The number of anilines is 2. The van der Waals surface area contributed by atoms with Crippen LogP contribution in [-0.4, -0.2) is 8.42 Å². The van der Waals surface area contributed by atoms with Crippen LogP contribution in [0.15, 0.2) is 51.8 Å². The molecule has 0 heterocycles. The van der Waals surface area contributed by atoms with Gasteiger partial charge in [-0.3, -0.25) is 4.72 Å². The van der Waals surface area contributed by atoms with Gasteiger partial charge in [0.1, 0.15) is 10.7 Å². The molecular weight excluding hydrogens is 335 g/mol. The number of sulfonamides is 1. The molecule has 0 radical (unpaired) electrons. The predicted octanol–water partition coefficient (Wildman–Crippen LogP) is 2.97. The number of nitrogens with one attached hydrogen (secondary N) is 1. The lowest BCUT2D eigenvalue weighted by Gasteiger charge is -2.09. The molecule has 0 aromatic heterocycles. The lowest BCUT2D eigenvalue weighted by molar-refractivity contribution is 0.570. The average Bonchev–Trinajstić information content (AvgIpc) is 2.27. The van der Waals surface area contributed by atoms with E-state index in [2.05, 4.69) is 20.7 Å². The number of benzene rings is 2. The summed E-state index contributed by atoms with van der Waals surface area (Å²) in [7, 11) is -3.98.